The third kappa shape index (κ3) is 5.86. The number of nitrogens with one attached hydrogen (secondary N) is 1. The summed E-state index contributed by atoms with van der Waals surface area (Å²) in [5.41, 5.74) is 0. The van der Waals surface area contributed by atoms with Crippen LogP contribution in [0.2, 0.25) is 0 Å². The Morgan fingerprint density at radius 3 is 2.38 bits per heavy atom. The van der Waals surface area contributed by atoms with Gasteiger partial charge in [-0.05, 0) is 57.0 Å². The van der Waals surface area contributed by atoms with Crippen molar-refractivity contribution in [3.05, 3.63) is 0 Å². The van der Waals surface area contributed by atoms with E-state index in [1.165, 1.54) is 32.2 Å². The normalized spacial score (nSPS) is 30.0. The van der Waals surface area contributed by atoms with Gasteiger partial charge < -0.3 is 10.4 Å². The number of hydrogen-bond acceptors (Lipinski definition) is 2. The molecule has 0 aromatic rings. The molecule has 2 atom stereocenters. The third-order valence-electron chi connectivity index (χ3n) is 3.80. The van der Waals surface area contributed by atoms with Gasteiger partial charge in [0, 0.05) is 0 Å². The smallest absolute Gasteiger partial charge is 0.0515 e. The van der Waals surface area contributed by atoms with Crippen molar-refractivity contribution in [2.24, 2.45) is 17.8 Å². The highest BCUT2D eigenvalue weighted by Gasteiger charge is 2.17. The van der Waals surface area contributed by atoms with E-state index in [9.17, 15) is 5.11 Å². The highest BCUT2D eigenvalue weighted by Crippen LogP contribution is 2.27. The monoisotopic (exact) mass is 227 g/mol. The van der Waals surface area contributed by atoms with Gasteiger partial charge in [-0.3, -0.25) is 0 Å². The van der Waals surface area contributed by atoms with Crippen molar-refractivity contribution in [3.63, 3.8) is 0 Å². The summed E-state index contributed by atoms with van der Waals surface area (Å²) in [5, 5.41) is 12.8. The van der Waals surface area contributed by atoms with E-state index in [2.05, 4.69) is 19.2 Å². The van der Waals surface area contributed by atoms with E-state index in [1.807, 2.05) is 6.92 Å². The van der Waals surface area contributed by atoms with Crippen LogP contribution in [0.1, 0.15) is 52.9 Å². The Labute approximate surface area is 101 Å². The first-order valence-corrected chi connectivity index (χ1v) is 6.96. The van der Waals surface area contributed by atoms with Gasteiger partial charge in [0.1, 0.15) is 0 Å². The molecule has 0 saturated heterocycles. The molecule has 1 fully saturated rings. The molecular weight excluding hydrogens is 198 g/mol. The Kier molecular flexibility index (Phi) is 6.37. The number of rotatable bonds is 6. The maximum atomic E-state index is 9.27. The predicted octanol–water partition coefficient (Wildman–Crippen LogP) is 2.81. The van der Waals surface area contributed by atoms with Crippen LogP contribution in [0, 0.1) is 17.8 Å². The first-order chi connectivity index (χ1) is 7.58. The Bertz CT molecular complexity index is 174. The maximum Gasteiger partial charge on any atom is 0.0515 e. The second-order valence-corrected chi connectivity index (χ2v) is 5.97. The SMILES string of the molecule is CC1CCC(CNC[C@@H](C)C[C@H](C)O)CC1. The highest BCUT2D eigenvalue weighted by molar-refractivity contribution is 4.72. The van der Waals surface area contributed by atoms with Crippen LogP contribution in [0.5, 0.6) is 0 Å². The quantitative estimate of drug-likeness (QED) is 0.731. The minimum Gasteiger partial charge on any atom is -0.393 e. The molecule has 16 heavy (non-hydrogen) atoms. The summed E-state index contributed by atoms with van der Waals surface area (Å²) in [6, 6.07) is 0. The Morgan fingerprint density at radius 1 is 1.19 bits per heavy atom. The molecule has 1 saturated carbocycles. The van der Waals surface area contributed by atoms with Crippen LogP contribution in [0.25, 0.3) is 0 Å². The molecule has 0 amide bonds. The minimum absolute atomic E-state index is 0.160. The summed E-state index contributed by atoms with van der Waals surface area (Å²) in [7, 11) is 0. The Hall–Kier alpha value is -0.0800. The van der Waals surface area contributed by atoms with Gasteiger partial charge >= 0.3 is 0 Å². The van der Waals surface area contributed by atoms with Crippen LogP contribution in [0.3, 0.4) is 0 Å². The van der Waals surface area contributed by atoms with E-state index < -0.39 is 0 Å². The second kappa shape index (κ2) is 7.29. The lowest BCUT2D eigenvalue weighted by atomic mass is 9.83. The first-order valence-electron chi connectivity index (χ1n) is 6.96. The van der Waals surface area contributed by atoms with Gasteiger partial charge in [-0.15, -0.1) is 0 Å². The lowest BCUT2D eigenvalue weighted by Gasteiger charge is -2.26. The second-order valence-electron chi connectivity index (χ2n) is 5.97. The molecule has 0 aliphatic heterocycles. The van der Waals surface area contributed by atoms with Gasteiger partial charge in [0.2, 0.25) is 0 Å². The Morgan fingerprint density at radius 2 is 1.81 bits per heavy atom. The van der Waals surface area contributed by atoms with Crippen molar-refractivity contribution in [3.8, 4) is 0 Å². The summed E-state index contributed by atoms with van der Waals surface area (Å²) in [6.45, 7) is 8.68. The third-order valence-corrected chi connectivity index (χ3v) is 3.80. The highest BCUT2D eigenvalue weighted by atomic mass is 16.3. The van der Waals surface area contributed by atoms with E-state index >= 15 is 0 Å². The van der Waals surface area contributed by atoms with Crippen LogP contribution in [0.4, 0.5) is 0 Å². The van der Waals surface area contributed by atoms with E-state index in [0.717, 1.165) is 24.8 Å². The molecule has 2 nitrogen and oxygen atoms in total. The summed E-state index contributed by atoms with van der Waals surface area (Å²) in [5.74, 6) is 2.43. The average Bonchev–Trinajstić information content (AvgIpc) is 2.20. The molecule has 0 radical (unpaired) electrons. The Balaban J connectivity index is 2.02. The molecule has 1 rings (SSSR count). The van der Waals surface area contributed by atoms with Crippen molar-refractivity contribution in [2.75, 3.05) is 13.1 Å². The fourth-order valence-electron chi connectivity index (χ4n) is 2.73. The van der Waals surface area contributed by atoms with Gasteiger partial charge in [-0.1, -0.05) is 26.7 Å². The average molecular weight is 227 g/mol. The fraction of sp³-hybridized carbons (Fsp3) is 1.00. The summed E-state index contributed by atoms with van der Waals surface area (Å²) in [4.78, 5) is 0. The van der Waals surface area contributed by atoms with Gasteiger partial charge in [0.25, 0.3) is 0 Å². The van der Waals surface area contributed by atoms with Crippen LogP contribution < -0.4 is 5.32 Å². The molecule has 0 heterocycles. The molecule has 0 spiro atoms. The molecule has 1 aliphatic rings. The standard InChI is InChI=1S/C14H29NO/c1-11-4-6-14(7-5-11)10-15-9-12(2)8-13(3)16/h11-16H,4-10H2,1-3H3/t11?,12-,13-,14?/m0/s1. The summed E-state index contributed by atoms with van der Waals surface area (Å²) >= 11 is 0. The maximum absolute atomic E-state index is 9.27. The molecule has 0 aromatic carbocycles. The van der Waals surface area contributed by atoms with Crippen molar-refractivity contribution in [2.45, 2.75) is 59.0 Å². The zero-order valence-corrected chi connectivity index (χ0v) is 11.2. The van der Waals surface area contributed by atoms with Crippen LogP contribution >= 0.6 is 0 Å². The van der Waals surface area contributed by atoms with Gasteiger partial charge in [-0.25, -0.2) is 0 Å². The predicted molar refractivity (Wildman–Crippen MR) is 69.5 cm³/mol. The number of aliphatic hydroxyl groups is 1. The molecule has 2 N–H and O–H groups in total. The number of aliphatic hydroxyl groups excluding tert-OH is 1. The van der Waals surface area contributed by atoms with Crippen molar-refractivity contribution < 1.29 is 5.11 Å². The molecule has 0 unspecified atom stereocenters. The van der Waals surface area contributed by atoms with E-state index in [-0.39, 0.29) is 6.10 Å². The largest absolute Gasteiger partial charge is 0.393 e. The van der Waals surface area contributed by atoms with E-state index in [0.29, 0.717) is 5.92 Å². The van der Waals surface area contributed by atoms with Gasteiger partial charge in [-0.2, -0.15) is 0 Å². The van der Waals surface area contributed by atoms with Crippen LogP contribution in [0.15, 0.2) is 0 Å². The molecule has 0 bridgehead atoms. The van der Waals surface area contributed by atoms with E-state index in [4.69, 9.17) is 0 Å². The van der Waals surface area contributed by atoms with Gasteiger partial charge in [0.05, 0.1) is 6.10 Å². The molecule has 1 aliphatic carbocycles. The van der Waals surface area contributed by atoms with E-state index in [1.54, 1.807) is 0 Å². The number of hydrogen-bond donors (Lipinski definition) is 2. The van der Waals surface area contributed by atoms with Crippen molar-refractivity contribution >= 4 is 0 Å². The lowest BCUT2D eigenvalue weighted by Crippen LogP contribution is -2.30. The molecular formula is C14H29NO. The molecule has 2 heteroatoms. The van der Waals surface area contributed by atoms with Crippen LogP contribution in [-0.4, -0.2) is 24.3 Å². The minimum atomic E-state index is -0.160. The van der Waals surface area contributed by atoms with Crippen molar-refractivity contribution in [1.29, 1.82) is 0 Å². The zero-order chi connectivity index (χ0) is 12.0. The van der Waals surface area contributed by atoms with Crippen molar-refractivity contribution in [1.82, 2.24) is 5.32 Å². The molecule has 96 valence electrons. The summed E-state index contributed by atoms with van der Waals surface area (Å²) < 4.78 is 0. The molecule has 0 aromatic heterocycles. The first kappa shape index (κ1) is 14.0. The topological polar surface area (TPSA) is 32.3 Å². The van der Waals surface area contributed by atoms with Gasteiger partial charge in [0.15, 0.2) is 0 Å². The zero-order valence-electron chi connectivity index (χ0n) is 11.2. The summed E-state index contributed by atoms with van der Waals surface area (Å²) in [6.07, 6.45) is 6.38. The van der Waals surface area contributed by atoms with Crippen LogP contribution in [-0.2, 0) is 0 Å². The lowest BCUT2D eigenvalue weighted by molar-refractivity contribution is 0.162. The fourth-order valence-corrected chi connectivity index (χ4v) is 2.73.